The van der Waals surface area contributed by atoms with E-state index in [9.17, 15) is 4.79 Å². The van der Waals surface area contributed by atoms with Crippen molar-refractivity contribution in [3.05, 3.63) is 101 Å². The van der Waals surface area contributed by atoms with Gasteiger partial charge in [0, 0.05) is 22.4 Å². The molecule has 0 heterocycles. The van der Waals surface area contributed by atoms with E-state index in [-0.39, 0.29) is 17.6 Å². The Labute approximate surface area is 164 Å². The van der Waals surface area contributed by atoms with Gasteiger partial charge in [0.15, 0.2) is 5.78 Å². The van der Waals surface area contributed by atoms with Gasteiger partial charge in [0.1, 0.15) is 5.75 Å². The van der Waals surface area contributed by atoms with Crippen molar-refractivity contribution in [2.45, 2.75) is 18.3 Å². The van der Waals surface area contributed by atoms with E-state index >= 15 is 0 Å². The minimum absolute atomic E-state index is 0.0125. The molecule has 3 aromatic rings. The zero-order valence-electron chi connectivity index (χ0n) is 15.1. The van der Waals surface area contributed by atoms with Crippen LogP contribution in [-0.2, 0) is 0 Å². The van der Waals surface area contributed by atoms with Gasteiger partial charge in [0.05, 0.1) is 7.11 Å². The van der Waals surface area contributed by atoms with Gasteiger partial charge in [0.25, 0.3) is 0 Å². The molecule has 136 valence electrons. The van der Waals surface area contributed by atoms with Gasteiger partial charge >= 0.3 is 0 Å². The Morgan fingerprint density at radius 3 is 2.15 bits per heavy atom. The lowest BCUT2D eigenvalue weighted by Crippen LogP contribution is -2.38. The summed E-state index contributed by atoms with van der Waals surface area (Å²) >= 11 is 6.06. The Morgan fingerprint density at radius 2 is 1.52 bits per heavy atom. The van der Waals surface area contributed by atoms with Crippen molar-refractivity contribution in [1.82, 2.24) is 0 Å². The van der Waals surface area contributed by atoms with Crippen LogP contribution in [0.15, 0.2) is 78.9 Å². The van der Waals surface area contributed by atoms with Gasteiger partial charge < -0.3 is 4.74 Å². The zero-order chi connectivity index (χ0) is 18.8. The fourth-order valence-corrected chi connectivity index (χ4v) is 4.21. The van der Waals surface area contributed by atoms with E-state index in [1.54, 1.807) is 7.11 Å². The summed E-state index contributed by atoms with van der Waals surface area (Å²) in [6.45, 7) is 0. The van der Waals surface area contributed by atoms with Gasteiger partial charge in [-0.3, -0.25) is 4.79 Å². The van der Waals surface area contributed by atoms with Crippen molar-refractivity contribution in [3.8, 4) is 5.75 Å². The largest absolute Gasteiger partial charge is 0.497 e. The van der Waals surface area contributed by atoms with Crippen LogP contribution in [0.5, 0.6) is 5.75 Å². The molecule has 3 heteroatoms. The third-order valence-corrected chi connectivity index (χ3v) is 5.82. The maximum absolute atomic E-state index is 13.1. The predicted octanol–water partition coefficient (Wildman–Crippen LogP) is 6.12. The van der Waals surface area contributed by atoms with Crippen molar-refractivity contribution in [1.29, 1.82) is 0 Å². The van der Waals surface area contributed by atoms with E-state index in [1.165, 1.54) is 11.1 Å². The molecule has 3 atom stereocenters. The van der Waals surface area contributed by atoms with Crippen LogP contribution in [0.2, 0.25) is 5.02 Å². The third kappa shape index (κ3) is 3.50. The molecule has 1 aliphatic carbocycles. The van der Waals surface area contributed by atoms with Crippen molar-refractivity contribution in [3.63, 3.8) is 0 Å². The van der Waals surface area contributed by atoms with Gasteiger partial charge in [-0.25, -0.2) is 0 Å². The Balaban J connectivity index is 1.67. The molecule has 0 bridgehead atoms. The number of halogens is 1. The van der Waals surface area contributed by atoms with Crippen molar-refractivity contribution in [2.24, 2.45) is 5.92 Å². The monoisotopic (exact) mass is 376 g/mol. The lowest BCUT2D eigenvalue weighted by Gasteiger charge is -2.45. The molecule has 2 nitrogen and oxygen atoms in total. The summed E-state index contributed by atoms with van der Waals surface area (Å²) in [6.07, 6.45) is 0.853. The molecule has 0 amide bonds. The summed E-state index contributed by atoms with van der Waals surface area (Å²) in [5, 5.41) is 0.732. The fraction of sp³-hybridized carbons (Fsp3) is 0.208. The number of benzene rings is 3. The van der Waals surface area contributed by atoms with E-state index < -0.39 is 0 Å². The van der Waals surface area contributed by atoms with Crippen LogP contribution in [0.25, 0.3) is 0 Å². The predicted molar refractivity (Wildman–Crippen MR) is 109 cm³/mol. The molecule has 1 aliphatic rings. The second kappa shape index (κ2) is 7.58. The van der Waals surface area contributed by atoms with Crippen molar-refractivity contribution >= 4 is 17.4 Å². The number of Topliss-reactive ketones (excluding diaryl/α,β-unsaturated/α-hetero) is 1. The second-order valence-corrected chi connectivity index (χ2v) is 7.47. The minimum atomic E-state index is -0.0125. The van der Waals surface area contributed by atoms with E-state index in [0.717, 1.165) is 22.8 Å². The molecule has 27 heavy (non-hydrogen) atoms. The van der Waals surface area contributed by atoms with Gasteiger partial charge in [0.2, 0.25) is 0 Å². The van der Waals surface area contributed by atoms with Crippen LogP contribution in [-0.4, -0.2) is 12.9 Å². The summed E-state index contributed by atoms with van der Waals surface area (Å²) in [5.41, 5.74) is 3.20. The molecular weight excluding hydrogens is 356 g/mol. The highest BCUT2D eigenvalue weighted by Gasteiger charge is 2.46. The van der Waals surface area contributed by atoms with Crippen LogP contribution >= 0.6 is 11.6 Å². The molecule has 1 saturated carbocycles. The first-order valence-corrected chi connectivity index (χ1v) is 9.54. The van der Waals surface area contributed by atoms with Crippen LogP contribution in [0, 0.1) is 5.92 Å². The van der Waals surface area contributed by atoms with Gasteiger partial charge in [-0.05, 0) is 47.7 Å². The highest BCUT2D eigenvalue weighted by atomic mass is 35.5. The SMILES string of the molecule is COc1ccc([C@@H]2[C@@H](c3ccc(Cl)cc3)C[C@H]2C(=O)c2ccccc2)cc1. The Bertz CT molecular complexity index is 917. The molecule has 1 fully saturated rings. The average molecular weight is 377 g/mol. The Morgan fingerprint density at radius 1 is 0.889 bits per heavy atom. The number of rotatable bonds is 5. The topological polar surface area (TPSA) is 26.3 Å². The van der Waals surface area contributed by atoms with E-state index in [4.69, 9.17) is 16.3 Å². The second-order valence-electron chi connectivity index (χ2n) is 7.03. The quantitative estimate of drug-likeness (QED) is 0.501. The van der Waals surface area contributed by atoms with Crippen LogP contribution in [0.1, 0.15) is 39.7 Å². The molecular formula is C24H21ClO2. The van der Waals surface area contributed by atoms with Crippen molar-refractivity contribution in [2.75, 3.05) is 7.11 Å². The van der Waals surface area contributed by atoms with Crippen molar-refractivity contribution < 1.29 is 9.53 Å². The lowest BCUT2D eigenvalue weighted by atomic mass is 9.57. The summed E-state index contributed by atoms with van der Waals surface area (Å²) in [4.78, 5) is 13.1. The highest BCUT2D eigenvalue weighted by molar-refractivity contribution is 6.30. The first-order chi connectivity index (χ1) is 13.2. The van der Waals surface area contributed by atoms with Crippen LogP contribution < -0.4 is 4.74 Å². The summed E-state index contributed by atoms with van der Waals surface area (Å²) < 4.78 is 5.29. The number of carbonyl (C=O) groups is 1. The minimum Gasteiger partial charge on any atom is -0.497 e. The first kappa shape index (κ1) is 17.8. The summed E-state index contributed by atoms with van der Waals surface area (Å²) in [5.74, 6) is 1.51. The number of methoxy groups -OCH3 is 1. The molecule has 4 rings (SSSR count). The molecule has 0 unspecified atom stereocenters. The average Bonchev–Trinajstić information content (AvgIpc) is 2.70. The number of ketones is 1. The van der Waals surface area contributed by atoms with Gasteiger partial charge in [-0.15, -0.1) is 0 Å². The maximum atomic E-state index is 13.1. The van der Waals surface area contributed by atoms with E-state index in [2.05, 4.69) is 24.3 Å². The summed E-state index contributed by atoms with van der Waals surface area (Å²) in [7, 11) is 1.66. The Kier molecular flexibility index (Phi) is 5.00. The molecule has 0 radical (unpaired) electrons. The van der Waals surface area contributed by atoms with E-state index in [1.807, 2.05) is 54.6 Å². The molecule has 3 aromatic carbocycles. The smallest absolute Gasteiger partial charge is 0.166 e. The Hall–Kier alpha value is -2.58. The zero-order valence-corrected chi connectivity index (χ0v) is 15.9. The normalized spacial score (nSPS) is 21.3. The molecule has 0 saturated heterocycles. The summed E-state index contributed by atoms with van der Waals surface area (Å²) in [6, 6.07) is 25.7. The number of hydrogen-bond acceptors (Lipinski definition) is 2. The van der Waals surface area contributed by atoms with Crippen LogP contribution in [0.3, 0.4) is 0 Å². The van der Waals surface area contributed by atoms with Crippen LogP contribution in [0.4, 0.5) is 0 Å². The highest BCUT2D eigenvalue weighted by Crippen LogP contribution is 2.54. The maximum Gasteiger partial charge on any atom is 0.166 e. The van der Waals surface area contributed by atoms with Gasteiger partial charge in [-0.2, -0.15) is 0 Å². The molecule has 0 aromatic heterocycles. The standard InChI is InChI=1S/C24H21ClO2/c1-27-20-13-9-17(10-14-20)23-21(16-7-11-19(25)12-8-16)15-22(23)24(26)18-5-3-2-4-6-18/h2-14,21-23H,15H2,1H3/t21-,22-,23-/m1/s1. The lowest BCUT2D eigenvalue weighted by molar-refractivity contribution is 0.0781. The number of ether oxygens (including phenoxy) is 1. The van der Waals surface area contributed by atoms with Gasteiger partial charge in [-0.1, -0.05) is 66.2 Å². The van der Waals surface area contributed by atoms with E-state index in [0.29, 0.717) is 5.92 Å². The fourth-order valence-electron chi connectivity index (χ4n) is 4.08. The number of hydrogen-bond donors (Lipinski definition) is 0. The number of carbonyl (C=O) groups excluding carboxylic acids is 1. The molecule has 0 N–H and O–H groups in total. The molecule has 0 spiro atoms. The third-order valence-electron chi connectivity index (χ3n) is 5.57. The first-order valence-electron chi connectivity index (χ1n) is 9.16. The molecule has 0 aliphatic heterocycles.